The molecule has 0 aliphatic heterocycles. The number of nitrogens with one attached hydrogen (secondary N) is 2. The van der Waals surface area contributed by atoms with Gasteiger partial charge in [0.2, 0.25) is 0 Å². The smallest absolute Gasteiger partial charge is 0.158 e. The Morgan fingerprint density at radius 1 is 1.33 bits per heavy atom. The predicted octanol–water partition coefficient (Wildman–Crippen LogP) is 2.27. The molecule has 2 rings (SSSR count). The fraction of sp³-hybridized carbons (Fsp3) is 0.692. The molecule has 0 aromatic carbocycles. The molecule has 1 fully saturated rings. The van der Waals surface area contributed by atoms with Crippen LogP contribution in [-0.2, 0) is 11.3 Å². The molecule has 1 aliphatic rings. The minimum Gasteiger partial charge on any atom is -0.374 e. The number of ether oxygens (including phenoxy) is 1. The highest BCUT2D eigenvalue weighted by Crippen LogP contribution is 2.32. The zero-order valence-corrected chi connectivity index (χ0v) is 11.4. The van der Waals surface area contributed by atoms with E-state index in [-0.39, 0.29) is 0 Å². The minimum atomic E-state index is 0.463. The molecule has 0 amide bonds. The molecule has 1 saturated carbocycles. The third kappa shape index (κ3) is 3.57. The van der Waals surface area contributed by atoms with Crippen LogP contribution in [0.5, 0.6) is 0 Å². The van der Waals surface area contributed by atoms with Crippen molar-refractivity contribution in [2.24, 2.45) is 5.92 Å². The van der Waals surface area contributed by atoms with Gasteiger partial charge in [0.05, 0.1) is 0 Å². The molecule has 1 aromatic heterocycles. The summed E-state index contributed by atoms with van der Waals surface area (Å²) in [5, 5.41) is 6.66. The lowest BCUT2D eigenvalue weighted by molar-refractivity contribution is 0.128. The maximum Gasteiger partial charge on any atom is 0.158 e. The zero-order chi connectivity index (χ0) is 13.0. The fourth-order valence-electron chi connectivity index (χ4n) is 1.81. The van der Waals surface area contributed by atoms with Crippen LogP contribution in [0.3, 0.4) is 0 Å². The van der Waals surface area contributed by atoms with Crippen LogP contribution in [0.4, 0.5) is 11.6 Å². The molecular weight excluding hydrogens is 228 g/mol. The highest BCUT2D eigenvalue weighted by Gasteiger charge is 2.32. The van der Waals surface area contributed by atoms with E-state index in [0.29, 0.717) is 19.3 Å². The first-order chi connectivity index (χ1) is 8.72. The first-order valence-electron chi connectivity index (χ1n) is 6.69. The van der Waals surface area contributed by atoms with E-state index in [4.69, 9.17) is 4.74 Å². The van der Waals surface area contributed by atoms with Crippen molar-refractivity contribution >= 4 is 11.6 Å². The topological polar surface area (TPSA) is 59.1 Å². The average molecular weight is 250 g/mol. The van der Waals surface area contributed by atoms with E-state index < -0.39 is 0 Å². The Balaban J connectivity index is 2.08. The van der Waals surface area contributed by atoms with E-state index in [1.165, 1.54) is 6.42 Å². The average Bonchev–Trinajstić information content (AvgIpc) is 3.02. The number of nitrogens with zero attached hydrogens (tertiary/aromatic N) is 2. The first-order valence-corrected chi connectivity index (χ1v) is 6.69. The van der Waals surface area contributed by atoms with E-state index in [9.17, 15) is 0 Å². The van der Waals surface area contributed by atoms with E-state index in [2.05, 4.69) is 34.4 Å². The van der Waals surface area contributed by atoms with Crippen molar-refractivity contribution in [3.05, 3.63) is 11.9 Å². The van der Waals surface area contributed by atoms with Gasteiger partial charge in [-0.25, -0.2) is 9.97 Å². The van der Waals surface area contributed by atoms with Gasteiger partial charge in [0.15, 0.2) is 5.82 Å². The highest BCUT2D eigenvalue weighted by atomic mass is 16.5. The standard InChI is InChI=1S/C13H22N4O/c1-4-14-11-7-12(15-10-6-9(10)3)17-13(16-11)8-18-5-2/h7,9-10H,4-6,8H2,1-3H3,(H2,14,15,16,17). The lowest BCUT2D eigenvalue weighted by atomic mass is 10.4. The van der Waals surface area contributed by atoms with Crippen molar-refractivity contribution in [3.8, 4) is 0 Å². The molecule has 2 N–H and O–H groups in total. The quantitative estimate of drug-likeness (QED) is 0.777. The Labute approximate surface area is 108 Å². The van der Waals surface area contributed by atoms with Crippen LogP contribution < -0.4 is 10.6 Å². The number of anilines is 2. The Morgan fingerprint density at radius 3 is 2.67 bits per heavy atom. The largest absolute Gasteiger partial charge is 0.374 e. The summed E-state index contributed by atoms with van der Waals surface area (Å²) in [7, 11) is 0. The van der Waals surface area contributed by atoms with Crippen LogP contribution in [0.2, 0.25) is 0 Å². The molecule has 0 radical (unpaired) electrons. The van der Waals surface area contributed by atoms with E-state index in [0.717, 1.165) is 29.9 Å². The summed E-state index contributed by atoms with van der Waals surface area (Å²) < 4.78 is 5.37. The molecule has 0 spiro atoms. The lowest BCUT2D eigenvalue weighted by Gasteiger charge is -2.10. The number of aromatic nitrogens is 2. The predicted molar refractivity (Wildman–Crippen MR) is 72.7 cm³/mol. The van der Waals surface area contributed by atoms with Gasteiger partial charge in [0, 0.05) is 25.3 Å². The molecule has 18 heavy (non-hydrogen) atoms. The molecule has 5 heteroatoms. The summed E-state index contributed by atoms with van der Waals surface area (Å²) in [4.78, 5) is 8.90. The van der Waals surface area contributed by atoms with Crippen LogP contribution in [0.1, 0.15) is 33.0 Å². The number of hydrogen-bond acceptors (Lipinski definition) is 5. The van der Waals surface area contributed by atoms with Crippen molar-refractivity contribution in [1.82, 2.24) is 9.97 Å². The summed E-state index contributed by atoms with van der Waals surface area (Å²) in [5.41, 5.74) is 0. The van der Waals surface area contributed by atoms with Gasteiger partial charge < -0.3 is 15.4 Å². The fourth-order valence-corrected chi connectivity index (χ4v) is 1.81. The van der Waals surface area contributed by atoms with Crippen LogP contribution in [0.25, 0.3) is 0 Å². The second-order valence-electron chi connectivity index (χ2n) is 4.69. The van der Waals surface area contributed by atoms with Gasteiger partial charge in [0.1, 0.15) is 18.2 Å². The third-order valence-corrected chi connectivity index (χ3v) is 3.01. The van der Waals surface area contributed by atoms with E-state index in [1.807, 2.05) is 13.0 Å². The minimum absolute atomic E-state index is 0.463. The highest BCUT2D eigenvalue weighted by molar-refractivity contribution is 5.48. The van der Waals surface area contributed by atoms with Gasteiger partial charge >= 0.3 is 0 Å². The maximum atomic E-state index is 5.37. The Kier molecular flexibility index (Phi) is 4.36. The van der Waals surface area contributed by atoms with Crippen molar-refractivity contribution in [2.75, 3.05) is 23.8 Å². The van der Waals surface area contributed by atoms with Gasteiger partial charge in [0.25, 0.3) is 0 Å². The summed E-state index contributed by atoms with van der Waals surface area (Å²) in [6.45, 7) is 8.26. The number of hydrogen-bond donors (Lipinski definition) is 2. The molecule has 2 atom stereocenters. The molecule has 100 valence electrons. The molecular formula is C13H22N4O. The second kappa shape index (κ2) is 6.00. The Morgan fingerprint density at radius 2 is 2.06 bits per heavy atom. The van der Waals surface area contributed by atoms with Gasteiger partial charge in [-0.2, -0.15) is 0 Å². The van der Waals surface area contributed by atoms with E-state index in [1.54, 1.807) is 0 Å². The van der Waals surface area contributed by atoms with Crippen LogP contribution >= 0.6 is 0 Å². The molecule has 1 aromatic rings. The second-order valence-corrected chi connectivity index (χ2v) is 4.69. The van der Waals surface area contributed by atoms with Gasteiger partial charge in [-0.3, -0.25) is 0 Å². The molecule has 5 nitrogen and oxygen atoms in total. The first kappa shape index (κ1) is 13.1. The van der Waals surface area contributed by atoms with Crippen molar-refractivity contribution < 1.29 is 4.74 Å². The van der Waals surface area contributed by atoms with Crippen molar-refractivity contribution in [2.45, 2.75) is 39.8 Å². The number of rotatable bonds is 7. The molecule has 2 unspecified atom stereocenters. The van der Waals surface area contributed by atoms with E-state index >= 15 is 0 Å². The van der Waals surface area contributed by atoms with Crippen molar-refractivity contribution in [3.63, 3.8) is 0 Å². The monoisotopic (exact) mass is 250 g/mol. The van der Waals surface area contributed by atoms with Gasteiger partial charge in [-0.05, 0) is 26.2 Å². The van der Waals surface area contributed by atoms with Crippen molar-refractivity contribution in [1.29, 1.82) is 0 Å². The SMILES string of the molecule is CCNc1cc(NC2CC2C)nc(COCC)n1. The summed E-state index contributed by atoms with van der Waals surface area (Å²) in [6, 6.07) is 2.53. The summed E-state index contributed by atoms with van der Waals surface area (Å²) in [5.74, 6) is 3.23. The normalized spacial score (nSPS) is 21.7. The molecule has 0 bridgehead atoms. The van der Waals surface area contributed by atoms with Crippen LogP contribution in [0.15, 0.2) is 6.07 Å². The maximum absolute atomic E-state index is 5.37. The van der Waals surface area contributed by atoms with Crippen LogP contribution in [0, 0.1) is 5.92 Å². The Hall–Kier alpha value is -1.36. The Bertz CT molecular complexity index is 397. The third-order valence-electron chi connectivity index (χ3n) is 3.01. The van der Waals surface area contributed by atoms with Gasteiger partial charge in [-0.1, -0.05) is 6.92 Å². The molecule has 0 saturated heterocycles. The van der Waals surface area contributed by atoms with Gasteiger partial charge in [-0.15, -0.1) is 0 Å². The summed E-state index contributed by atoms with van der Waals surface area (Å²) in [6.07, 6.45) is 1.22. The zero-order valence-electron chi connectivity index (χ0n) is 11.4. The summed E-state index contributed by atoms with van der Waals surface area (Å²) >= 11 is 0. The van der Waals surface area contributed by atoms with Crippen LogP contribution in [-0.4, -0.2) is 29.2 Å². The molecule has 1 heterocycles. The molecule has 1 aliphatic carbocycles. The lowest BCUT2D eigenvalue weighted by Crippen LogP contribution is -2.11.